The fraction of sp³-hybridized carbons (Fsp3) is 0.564. The molecule has 8 atom stereocenters. The van der Waals surface area contributed by atoms with E-state index in [4.69, 9.17) is 18.9 Å². The molecule has 0 aromatic heterocycles. The van der Waals surface area contributed by atoms with Crippen molar-refractivity contribution in [1.82, 2.24) is 0 Å². The third-order valence-electron chi connectivity index (χ3n) is 11.9. The first-order chi connectivity index (χ1) is 22.0. The predicted molar refractivity (Wildman–Crippen MR) is 179 cm³/mol. The highest BCUT2D eigenvalue weighted by molar-refractivity contribution is 6.18. The van der Waals surface area contributed by atoms with Crippen molar-refractivity contribution in [2.45, 2.75) is 122 Å². The first-order valence-corrected chi connectivity index (χ1v) is 16.6. The summed E-state index contributed by atoms with van der Waals surface area (Å²) in [5.74, 6) is -1.62. The van der Waals surface area contributed by atoms with Gasteiger partial charge < -0.3 is 29.2 Å². The number of ketones is 2. The molecule has 48 heavy (non-hydrogen) atoms. The van der Waals surface area contributed by atoms with Crippen molar-refractivity contribution in [3.8, 4) is 17.2 Å². The molecular weight excluding hydrogens is 612 g/mol. The molecule has 258 valence electrons. The molecule has 1 saturated heterocycles. The van der Waals surface area contributed by atoms with Crippen molar-refractivity contribution in [2.24, 2.45) is 17.8 Å². The Kier molecular flexibility index (Phi) is 7.77. The molecule has 4 unspecified atom stereocenters. The molecule has 2 saturated carbocycles. The van der Waals surface area contributed by atoms with Gasteiger partial charge in [0, 0.05) is 40.9 Å². The summed E-state index contributed by atoms with van der Waals surface area (Å²) in [5, 5.41) is 23.9. The van der Waals surface area contributed by atoms with Gasteiger partial charge in [-0.05, 0) is 86.1 Å². The van der Waals surface area contributed by atoms with Gasteiger partial charge in [0.1, 0.15) is 40.3 Å². The average Bonchev–Trinajstić information content (AvgIpc) is 3.14. The Balaban J connectivity index is 0.00000401. The highest BCUT2D eigenvalue weighted by atomic mass is 16.6. The number of rotatable bonds is 7. The van der Waals surface area contributed by atoms with Crippen molar-refractivity contribution >= 4 is 18.0 Å². The Morgan fingerprint density at radius 2 is 1.81 bits per heavy atom. The van der Waals surface area contributed by atoms with Gasteiger partial charge in [0.05, 0.1) is 5.60 Å². The van der Waals surface area contributed by atoms with Crippen molar-refractivity contribution < 1.29 is 43.5 Å². The van der Waals surface area contributed by atoms with E-state index in [1.807, 2.05) is 47.6 Å². The lowest BCUT2D eigenvalue weighted by atomic mass is 9.51. The first-order valence-electron chi connectivity index (χ1n) is 16.6. The maximum Gasteiger partial charge on any atom is 0.298 e. The number of phenols is 1. The smallest absolute Gasteiger partial charge is 0.298 e. The lowest BCUT2D eigenvalue weighted by molar-refractivity contribution is -0.171. The van der Waals surface area contributed by atoms with Crippen LogP contribution < -0.4 is 9.47 Å². The molecular formula is C39H48O9. The zero-order valence-corrected chi connectivity index (χ0v) is 28.2. The summed E-state index contributed by atoms with van der Waals surface area (Å²) in [4.78, 5) is 40.5. The molecule has 3 heterocycles. The van der Waals surface area contributed by atoms with Crippen LogP contribution in [-0.4, -0.2) is 56.8 Å². The molecule has 3 aliphatic heterocycles. The largest absolute Gasteiger partial charge is 0.507 e. The molecule has 2 N–H and O–H groups in total. The maximum atomic E-state index is 15.0. The van der Waals surface area contributed by atoms with Crippen molar-refractivity contribution in [2.75, 3.05) is 0 Å². The number of hydrogen-bond donors (Lipinski definition) is 2. The quantitative estimate of drug-likeness (QED) is 0.189. The van der Waals surface area contributed by atoms with Crippen LogP contribution in [0, 0.1) is 17.8 Å². The molecule has 8 rings (SSSR count). The van der Waals surface area contributed by atoms with E-state index in [-0.39, 0.29) is 48.5 Å². The molecule has 6 bridgehead atoms. The van der Waals surface area contributed by atoms with Gasteiger partial charge in [-0.2, -0.15) is 0 Å². The molecule has 4 aliphatic carbocycles. The Labute approximate surface area is 282 Å². The highest BCUT2D eigenvalue weighted by Gasteiger charge is 2.81. The van der Waals surface area contributed by atoms with Crippen LogP contribution in [0.1, 0.15) is 109 Å². The van der Waals surface area contributed by atoms with Gasteiger partial charge in [-0.25, -0.2) is 0 Å². The summed E-state index contributed by atoms with van der Waals surface area (Å²) in [6.45, 7) is 17.8. The number of hydrogen-bond acceptors (Lipinski definition) is 9. The predicted octanol–water partition coefficient (Wildman–Crippen LogP) is 6.59. The SMILES string of the molecule is C.C=C(C)C1CC[C@@]2(C)Oc3c(CC=C(C)C)c4c(c(O)c3[C@@H]1C2O)C(=O)C1=CC2CC3C(C)(C)O[C@](C/C=C(/C)OC=O)(C2=O)[C@@]13O4. The molecule has 0 amide bonds. The highest BCUT2D eigenvalue weighted by Crippen LogP contribution is 2.69. The van der Waals surface area contributed by atoms with Crippen LogP contribution in [0.5, 0.6) is 17.2 Å². The second-order valence-corrected chi connectivity index (χ2v) is 15.4. The van der Waals surface area contributed by atoms with Gasteiger partial charge in [-0.3, -0.25) is 14.4 Å². The summed E-state index contributed by atoms with van der Waals surface area (Å²) in [6.07, 6.45) is 6.51. The van der Waals surface area contributed by atoms with Gasteiger partial charge in [0.15, 0.2) is 22.8 Å². The van der Waals surface area contributed by atoms with Crippen LogP contribution >= 0.6 is 0 Å². The molecule has 9 nitrogen and oxygen atoms in total. The Bertz CT molecular complexity index is 1740. The average molecular weight is 661 g/mol. The molecule has 0 radical (unpaired) electrons. The van der Waals surface area contributed by atoms with E-state index in [1.54, 1.807) is 19.1 Å². The number of carbonyl (C=O) groups excluding carboxylic acids is 3. The molecule has 1 aromatic carbocycles. The number of phenolic OH excluding ortho intramolecular Hbond substituents is 1. The number of aliphatic hydroxyl groups is 1. The number of aliphatic hydroxyl groups excluding tert-OH is 1. The van der Waals surface area contributed by atoms with Gasteiger partial charge in [-0.1, -0.05) is 37.3 Å². The fourth-order valence-corrected chi connectivity index (χ4v) is 9.67. The minimum absolute atomic E-state index is 0. The summed E-state index contributed by atoms with van der Waals surface area (Å²) in [6, 6.07) is 0. The number of ether oxygens (including phenoxy) is 4. The van der Waals surface area contributed by atoms with Gasteiger partial charge in [0.2, 0.25) is 0 Å². The van der Waals surface area contributed by atoms with E-state index in [2.05, 4.69) is 6.58 Å². The maximum absolute atomic E-state index is 15.0. The molecule has 9 heteroatoms. The number of aromatic hydroxyl groups is 1. The number of carbonyl (C=O) groups is 3. The zero-order valence-electron chi connectivity index (χ0n) is 28.2. The van der Waals surface area contributed by atoms with E-state index in [0.717, 1.165) is 11.1 Å². The van der Waals surface area contributed by atoms with Crippen molar-refractivity contribution in [3.63, 3.8) is 0 Å². The summed E-state index contributed by atoms with van der Waals surface area (Å²) in [7, 11) is 0. The van der Waals surface area contributed by atoms with E-state index < -0.39 is 46.1 Å². The van der Waals surface area contributed by atoms with Crippen molar-refractivity contribution in [3.05, 3.63) is 64.0 Å². The topological polar surface area (TPSA) is 129 Å². The monoisotopic (exact) mass is 660 g/mol. The Morgan fingerprint density at radius 1 is 1.10 bits per heavy atom. The van der Waals surface area contributed by atoms with Crippen LogP contribution in [0.4, 0.5) is 0 Å². The fourth-order valence-electron chi connectivity index (χ4n) is 9.67. The molecule has 1 spiro atoms. The second-order valence-electron chi connectivity index (χ2n) is 15.4. The normalized spacial score (nSPS) is 36.3. The summed E-state index contributed by atoms with van der Waals surface area (Å²) >= 11 is 0. The third-order valence-corrected chi connectivity index (χ3v) is 11.9. The minimum atomic E-state index is -1.58. The van der Waals surface area contributed by atoms with E-state index in [0.29, 0.717) is 60.4 Å². The lowest BCUT2D eigenvalue weighted by Gasteiger charge is -2.57. The van der Waals surface area contributed by atoms with Gasteiger partial charge >= 0.3 is 0 Å². The standard InChI is InChI=1S/C38H44O9.CH4/c1-18(2)9-10-23-31-27(26-22(19(3)4)12-13-36(8,45-31)34(26)43)30(41)28-29(40)24-15-21-16-25-35(6,7)47-37(33(21)42,14-11-20(5)44-17-39)38(24,25)46-32(23)28;/h9,11,15,17,21-22,25-26,34,41,43H,3,10,12-14,16H2,1-2,4-8H3;1H4/b20-11-;/t21?,22?,25?,26-,34?,36-,37-,38-;/m1./s1. The molecule has 7 aliphatic rings. The number of benzene rings is 1. The number of fused-ring (bicyclic) bond motifs is 5. The molecule has 1 aromatic rings. The summed E-state index contributed by atoms with van der Waals surface area (Å²) in [5.41, 5.74) is -1.64. The van der Waals surface area contributed by atoms with Crippen LogP contribution in [0.25, 0.3) is 0 Å². The Morgan fingerprint density at radius 3 is 2.46 bits per heavy atom. The number of allylic oxidation sites excluding steroid dienone is 5. The molecule has 3 fully saturated rings. The van der Waals surface area contributed by atoms with E-state index in [9.17, 15) is 24.6 Å². The van der Waals surface area contributed by atoms with Crippen molar-refractivity contribution in [1.29, 1.82) is 0 Å². The zero-order chi connectivity index (χ0) is 34.0. The lowest BCUT2D eigenvalue weighted by Crippen LogP contribution is -2.72. The Hall–Kier alpha value is -3.69. The van der Waals surface area contributed by atoms with Crippen LogP contribution in [-0.2, 0) is 25.5 Å². The summed E-state index contributed by atoms with van der Waals surface area (Å²) < 4.78 is 25.8. The van der Waals surface area contributed by atoms with Crippen LogP contribution in [0.3, 0.4) is 0 Å². The van der Waals surface area contributed by atoms with Crippen LogP contribution in [0.2, 0.25) is 0 Å². The van der Waals surface area contributed by atoms with Gasteiger partial charge in [0.25, 0.3) is 6.47 Å². The third kappa shape index (κ3) is 4.19. The number of Topliss-reactive ketones (excluding diaryl/α,β-unsaturated/α-hetero) is 2. The second kappa shape index (κ2) is 10.9. The minimum Gasteiger partial charge on any atom is -0.507 e. The first kappa shape index (κ1) is 34.2. The van der Waals surface area contributed by atoms with E-state index in [1.165, 1.54) is 0 Å². The van der Waals surface area contributed by atoms with E-state index >= 15 is 0 Å². The van der Waals surface area contributed by atoms with Crippen LogP contribution in [0.15, 0.2) is 47.3 Å². The van der Waals surface area contributed by atoms with Gasteiger partial charge in [-0.15, -0.1) is 0 Å².